The minimum atomic E-state index is -0.674. The lowest BCUT2D eigenvalue weighted by Crippen LogP contribution is -2.48. The second-order valence-electron chi connectivity index (χ2n) is 6.55. The van der Waals surface area contributed by atoms with Gasteiger partial charge in [-0.15, -0.1) is 0 Å². The number of thioether (sulfide) groups is 1. The number of carbonyl (C=O) groups is 1. The number of aliphatic hydroxyl groups is 1. The summed E-state index contributed by atoms with van der Waals surface area (Å²) >= 11 is 2.01. The van der Waals surface area contributed by atoms with Crippen LogP contribution in [0.1, 0.15) is 70.6 Å². The Kier molecular flexibility index (Phi) is 13.6. The lowest BCUT2D eigenvalue weighted by Gasteiger charge is -2.28. The van der Waals surface area contributed by atoms with E-state index in [2.05, 4.69) is 5.32 Å². The van der Waals surface area contributed by atoms with Gasteiger partial charge in [-0.3, -0.25) is 4.79 Å². The Balaban J connectivity index is 1.74. The third-order valence-electron chi connectivity index (χ3n) is 4.37. The molecule has 2 unspecified atom stereocenters. The van der Waals surface area contributed by atoms with Gasteiger partial charge >= 0.3 is 5.97 Å². The standard InChI is InChI=1S/C18H35NO4S/c20-17(21)11-7-5-3-1-2-4-6-8-14-24-15-9-10-16-18(22)23-13-12-19-16/h16,18-19,22H,1-15H2,(H,20,21). The maximum absolute atomic E-state index is 10.4. The maximum Gasteiger partial charge on any atom is 0.303 e. The summed E-state index contributed by atoms with van der Waals surface area (Å²) in [6.07, 6.45) is 11.3. The first-order valence-electron chi connectivity index (χ1n) is 9.53. The number of rotatable bonds is 15. The van der Waals surface area contributed by atoms with Crippen molar-refractivity contribution in [3.05, 3.63) is 0 Å². The molecule has 0 aromatic rings. The lowest BCUT2D eigenvalue weighted by molar-refractivity contribution is -0.140. The molecule has 3 N–H and O–H groups in total. The number of hydrogen-bond donors (Lipinski definition) is 3. The van der Waals surface area contributed by atoms with Crippen molar-refractivity contribution in [2.24, 2.45) is 0 Å². The molecule has 142 valence electrons. The second kappa shape index (κ2) is 15.0. The van der Waals surface area contributed by atoms with Gasteiger partial charge in [-0.1, -0.05) is 38.5 Å². The van der Waals surface area contributed by atoms with E-state index < -0.39 is 12.3 Å². The number of unbranched alkanes of at least 4 members (excludes halogenated alkanes) is 7. The molecule has 0 amide bonds. The topological polar surface area (TPSA) is 78.8 Å². The summed E-state index contributed by atoms with van der Waals surface area (Å²) in [5.41, 5.74) is 0. The molecule has 2 atom stereocenters. The summed E-state index contributed by atoms with van der Waals surface area (Å²) in [7, 11) is 0. The van der Waals surface area contributed by atoms with E-state index >= 15 is 0 Å². The zero-order valence-electron chi connectivity index (χ0n) is 14.9. The van der Waals surface area contributed by atoms with Crippen molar-refractivity contribution < 1.29 is 19.7 Å². The van der Waals surface area contributed by atoms with Crippen LogP contribution in [0.15, 0.2) is 0 Å². The van der Waals surface area contributed by atoms with Crippen molar-refractivity contribution in [1.29, 1.82) is 0 Å². The minimum absolute atomic E-state index is 0.106. The van der Waals surface area contributed by atoms with Gasteiger partial charge in [0.1, 0.15) is 0 Å². The van der Waals surface area contributed by atoms with E-state index in [4.69, 9.17) is 9.84 Å². The highest BCUT2D eigenvalue weighted by atomic mass is 32.2. The zero-order chi connectivity index (χ0) is 17.5. The molecule has 0 radical (unpaired) electrons. The average Bonchev–Trinajstić information content (AvgIpc) is 2.56. The number of aliphatic hydroxyl groups excluding tert-OH is 1. The summed E-state index contributed by atoms with van der Waals surface area (Å²) in [6.45, 7) is 1.45. The first kappa shape index (κ1) is 21.7. The molecule has 1 aliphatic heterocycles. The van der Waals surface area contributed by atoms with Gasteiger partial charge in [0.05, 0.1) is 12.6 Å². The van der Waals surface area contributed by atoms with Gasteiger partial charge in [0, 0.05) is 13.0 Å². The Bertz CT molecular complexity index is 317. The average molecular weight is 362 g/mol. The van der Waals surface area contributed by atoms with Gasteiger partial charge < -0.3 is 20.3 Å². The van der Waals surface area contributed by atoms with E-state index in [-0.39, 0.29) is 6.04 Å². The number of nitrogens with one attached hydrogen (secondary N) is 1. The first-order valence-corrected chi connectivity index (χ1v) is 10.7. The highest BCUT2D eigenvalue weighted by molar-refractivity contribution is 7.99. The fourth-order valence-electron chi connectivity index (χ4n) is 2.93. The number of carboxylic acid groups (broad SMARTS) is 1. The molecule has 1 rings (SSSR count). The van der Waals surface area contributed by atoms with E-state index in [1.54, 1.807) is 0 Å². The Labute approximate surface area is 150 Å². The van der Waals surface area contributed by atoms with Crippen LogP contribution in [0.25, 0.3) is 0 Å². The molecule has 0 aromatic heterocycles. The van der Waals surface area contributed by atoms with E-state index in [0.717, 1.165) is 38.0 Å². The Morgan fingerprint density at radius 1 is 1.00 bits per heavy atom. The van der Waals surface area contributed by atoms with Crippen LogP contribution in [0.4, 0.5) is 0 Å². The van der Waals surface area contributed by atoms with Crippen LogP contribution in [-0.2, 0) is 9.53 Å². The van der Waals surface area contributed by atoms with Crippen molar-refractivity contribution in [3.8, 4) is 0 Å². The molecule has 5 nitrogen and oxygen atoms in total. The molecule has 1 saturated heterocycles. The molecule has 0 aromatic carbocycles. The van der Waals surface area contributed by atoms with E-state index in [1.165, 1.54) is 44.3 Å². The molecule has 24 heavy (non-hydrogen) atoms. The highest BCUT2D eigenvalue weighted by Crippen LogP contribution is 2.14. The molecule has 0 bridgehead atoms. The lowest BCUT2D eigenvalue weighted by atomic mass is 10.1. The first-order chi connectivity index (χ1) is 11.7. The molecule has 1 fully saturated rings. The minimum Gasteiger partial charge on any atom is -0.481 e. The molecule has 1 heterocycles. The third kappa shape index (κ3) is 12.1. The number of carboxylic acids is 1. The Morgan fingerprint density at radius 3 is 2.29 bits per heavy atom. The number of aliphatic carboxylic acids is 1. The number of ether oxygens (including phenoxy) is 1. The normalized spacial score (nSPS) is 21.0. The SMILES string of the molecule is O=C(O)CCCCCCCCCCSCCCC1NCCOC1O. The van der Waals surface area contributed by atoms with Gasteiger partial charge in [0.15, 0.2) is 6.29 Å². The molecular weight excluding hydrogens is 326 g/mol. The third-order valence-corrected chi connectivity index (χ3v) is 5.53. The van der Waals surface area contributed by atoms with Gasteiger partial charge in [0.2, 0.25) is 0 Å². The van der Waals surface area contributed by atoms with Crippen molar-refractivity contribution in [1.82, 2.24) is 5.32 Å². The van der Waals surface area contributed by atoms with Crippen LogP contribution in [0, 0.1) is 0 Å². The van der Waals surface area contributed by atoms with Crippen LogP contribution in [-0.4, -0.2) is 53.2 Å². The maximum atomic E-state index is 10.4. The summed E-state index contributed by atoms with van der Waals surface area (Å²) in [6, 6.07) is 0.106. The van der Waals surface area contributed by atoms with Gasteiger partial charge in [0.25, 0.3) is 0 Å². The van der Waals surface area contributed by atoms with Crippen molar-refractivity contribution in [2.75, 3.05) is 24.7 Å². The van der Waals surface area contributed by atoms with Crippen LogP contribution in [0.5, 0.6) is 0 Å². The summed E-state index contributed by atoms with van der Waals surface area (Å²) in [5.74, 6) is 1.72. The van der Waals surface area contributed by atoms with Gasteiger partial charge in [-0.25, -0.2) is 0 Å². The van der Waals surface area contributed by atoms with E-state index in [1.807, 2.05) is 11.8 Å². The smallest absolute Gasteiger partial charge is 0.303 e. The molecule has 1 aliphatic rings. The Morgan fingerprint density at radius 2 is 1.62 bits per heavy atom. The molecule has 6 heteroatoms. The fourth-order valence-corrected chi connectivity index (χ4v) is 3.92. The van der Waals surface area contributed by atoms with E-state index in [0.29, 0.717) is 13.0 Å². The summed E-state index contributed by atoms with van der Waals surface area (Å²) in [4.78, 5) is 10.4. The van der Waals surface area contributed by atoms with Crippen molar-refractivity contribution in [3.63, 3.8) is 0 Å². The van der Waals surface area contributed by atoms with Gasteiger partial charge in [-0.05, 0) is 37.2 Å². The monoisotopic (exact) mass is 361 g/mol. The predicted molar refractivity (Wildman–Crippen MR) is 99.5 cm³/mol. The number of hydrogen-bond acceptors (Lipinski definition) is 5. The van der Waals surface area contributed by atoms with E-state index in [9.17, 15) is 9.90 Å². The molecular formula is C18H35NO4S. The second-order valence-corrected chi connectivity index (χ2v) is 7.77. The largest absolute Gasteiger partial charge is 0.481 e. The summed E-state index contributed by atoms with van der Waals surface area (Å²) in [5, 5.41) is 21.5. The molecule has 0 saturated carbocycles. The van der Waals surface area contributed by atoms with Crippen molar-refractivity contribution in [2.45, 2.75) is 83.0 Å². The zero-order valence-corrected chi connectivity index (χ0v) is 15.7. The fraction of sp³-hybridized carbons (Fsp3) is 0.944. The summed E-state index contributed by atoms with van der Waals surface area (Å²) < 4.78 is 5.22. The number of morpholine rings is 1. The van der Waals surface area contributed by atoms with Crippen molar-refractivity contribution >= 4 is 17.7 Å². The van der Waals surface area contributed by atoms with Crippen LogP contribution in [0.3, 0.4) is 0 Å². The Hall–Kier alpha value is -0.300. The van der Waals surface area contributed by atoms with Crippen LogP contribution >= 0.6 is 11.8 Å². The molecule has 0 aliphatic carbocycles. The van der Waals surface area contributed by atoms with Gasteiger partial charge in [-0.2, -0.15) is 11.8 Å². The van der Waals surface area contributed by atoms with Crippen LogP contribution < -0.4 is 5.32 Å². The highest BCUT2D eigenvalue weighted by Gasteiger charge is 2.22. The predicted octanol–water partition coefficient (Wildman–Crippen LogP) is 3.40. The quantitative estimate of drug-likeness (QED) is 0.388. The van der Waals surface area contributed by atoms with Crippen LogP contribution in [0.2, 0.25) is 0 Å². The molecule has 0 spiro atoms.